The first-order valence-corrected chi connectivity index (χ1v) is 10.2. The van der Waals surface area contributed by atoms with Crippen LogP contribution in [0.3, 0.4) is 0 Å². The van der Waals surface area contributed by atoms with E-state index in [9.17, 15) is 9.59 Å². The lowest BCUT2D eigenvalue weighted by Gasteiger charge is -2.15. The average Bonchev–Trinajstić information content (AvgIpc) is 3.04. The summed E-state index contributed by atoms with van der Waals surface area (Å²) >= 11 is 0. The molecule has 0 amide bonds. The summed E-state index contributed by atoms with van der Waals surface area (Å²) in [6, 6.07) is 8.53. The fourth-order valence-corrected chi connectivity index (χ4v) is 3.85. The molecule has 5 heteroatoms. The Bertz CT molecular complexity index is 906. The molecule has 0 unspecified atom stereocenters. The molecule has 0 fully saturated rings. The summed E-state index contributed by atoms with van der Waals surface area (Å²) in [4.78, 5) is 24.2. The molecule has 1 aromatic carbocycles. The lowest BCUT2D eigenvalue weighted by Crippen LogP contribution is -2.13. The van der Waals surface area contributed by atoms with Crippen molar-refractivity contribution in [2.75, 3.05) is 13.7 Å². The van der Waals surface area contributed by atoms with Crippen LogP contribution in [-0.2, 0) is 11.3 Å². The predicted molar refractivity (Wildman–Crippen MR) is 113 cm³/mol. The smallest absolute Gasteiger partial charge is 0.337 e. The SMILES string of the molecule is COC(=O)c1ccc(OCC(=O)c2cc(C)n(CCC3=CCCCC3)c2C)cc1. The Morgan fingerprint density at radius 2 is 1.86 bits per heavy atom. The van der Waals surface area contributed by atoms with Gasteiger partial charge in [0, 0.05) is 23.5 Å². The number of aromatic nitrogens is 1. The largest absolute Gasteiger partial charge is 0.485 e. The van der Waals surface area contributed by atoms with Gasteiger partial charge in [-0.25, -0.2) is 4.79 Å². The molecule has 0 bridgehead atoms. The summed E-state index contributed by atoms with van der Waals surface area (Å²) in [5.41, 5.74) is 4.79. The maximum Gasteiger partial charge on any atom is 0.337 e. The quantitative estimate of drug-likeness (QED) is 0.357. The standard InChI is InChI=1S/C24H29NO4/c1-17-15-22(18(2)25(17)14-13-19-7-5-4-6-8-19)23(26)16-29-21-11-9-20(10-12-21)24(27)28-3/h7,9-12,15H,4-6,8,13-14,16H2,1-3H3. The minimum absolute atomic E-state index is 0.0347. The van der Waals surface area contributed by atoms with Crippen molar-refractivity contribution in [3.05, 3.63) is 64.5 Å². The molecule has 1 aliphatic rings. The summed E-state index contributed by atoms with van der Waals surface area (Å²) in [6.45, 7) is 4.92. The molecule has 0 atom stereocenters. The monoisotopic (exact) mass is 395 g/mol. The molecule has 0 spiro atoms. The minimum atomic E-state index is -0.399. The van der Waals surface area contributed by atoms with Crippen LogP contribution >= 0.6 is 0 Å². The summed E-state index contributed by atoms with van der Waals surface area (Å²) in [6.07, 6.45) is 8.41. The number of aryl methyl sites for hydroxylation is 1. The second kappa shape index (κ2) is 9.59. The third-order valence-electron chi connectivity index (χ3n) is 5.56. The first-order valence-electron chi connectivity index (χ1n) is 10.2. The normalized spacial score (nSPS) is 13.7. The number of rotatable bonds is 8. The third-order valence-corrected chi connectivity index (χ3v) is 5.56. The van der Waals surface area contributed by atoms with Crippen LogP contribution in [0.15, 0.2) is 42.0 Å². The summed E-state index contributed by atoms with van der Waals surface area (Å²) in [5.74, 6) is 0.103. The maximum absolute atomic E-state index is 12.7. The molecule has 1 aromatic heterocycles. The second-order valence-electron chi connectivity index (χ2n) is 7.52. The lowest BCUT2D eigenvalue weighted by atomic mass is 9.97. The number of Topliss-reactive ketones (excluding diaryl/α,β-unsaturated/α-hetero) is 1. The van der Waals surface area contributed by atoms with E-state index in [1.165, 1.54) is 38.4 Å². The zero-order valence-electron chi connectivity index (χ0n) is 17.5. The van der Waals surface area contributed by atoms with Crippen LogP contribution in [0.1, 0.15) is 64.2 Å². The van der Waals surface area contributed by atoms with Crippen molar-refractivity contribution in [1.29, 1.82) is 0 Å². The zero-order valence-corrected chi connectivity index (χ0v) is 17.5. The molecule has 2 aromatic rings. The second-order valence-corrected chi connectivity index (χ2v) is 7.52. The van der Waals surface area contributed by atoms with E-state index in [4.69, 9.17) is 4.74 Å². The predicted octanol–water partition coefficient (Wildman–Crippen LogP) is 5.04. The Hall–Kier alpha value is -2.82. The van der Waals surface area contributed by atoms with Crippen LogP contribution in [0.5, 0.6) is 5.75 Å². The molecular weight excluding hydrogens is 366 g/mol. The molecule has 3 rings (SSSR count). The van der Waals surface area contributed by atoms with Crippen molar-refractivity contribution in [2.45, 2.75) is 52.5 Å². The van der Waals surface area contributed by atoms with Crippen molar-refractivity contribution in [3.63, 3.8) is 0 Å². The lowest BCUT2D eigenvalue weighted by molar-refractivity contribution is 0.0600. The van der Waals surface area contributed by atoms with Gasteiger partial charge in [-0.1, -0.05) is 11.6 Å². The molecule has 0 aliphatic heterocycles. The van der Waals surface area contributed by atoms with Gasteiger partial charge < -0.3 is 14.0 Å². The number of carbonyl (C=O) groups is 2. The van der Waals surface area contributed by atoms with Gasteiger partial charge in [-0.2, -0.15) is 0 Å². The van der Waals surface area contributed by atoms with Gasteiger partial charge in [0.2, 0.25) is 5.78 Å². The van der Waals surface area contributed by atoms with Gasteiger partial charge >= 0.3 is 5.97 Å². The van der Waals surface area contributed by atoms with Gasteiger partial charge in [-0.3, -0.25) is 4.79 Å². The van der Waals surface area contributed by atoms with E-state index in [0.717, 1.165) is 24.4 Å². The first kappa shape index (κ1) is 20.9. The number of hydrogen-bond acceptors (Lipinski definition) is 4. The van der Waals surface area contributed by atoms with Gasteiger partial charge in [0.1, 0.15) is 5.75 Å². The highest BCUT2D eigenvalue weighted by atomic mass is 16.5. The van der Waals surface area contributed by atoms with Crippen LogP contribution in [-0.4, -0.2) is 30.0 Å². The molecule has 154 valence electrons. The van der Waals surface area contributed by atoms with Gasteiger partial charge in [-0.05, 0) is 76.3 Å². The van der Waals surface area contributed by atoms with Crippen LogP contribution in [0.4, 0.5) is 0 Å². The number of benzene rings is 1. The van der Waals surface area contributed by atoms with Crippen LogP contribution in [0.25, 0.3) is 0 Å². The molecule has 0 saturated heterocycles. The average molecular weight is 395 g/mol. The van der Waals surface area contributed by atoms with Crippen molar-refractivity contribution in [3.8, 4) is 5.75 Å². The van der Waals surface area contributed by atoms with Crippen LogP contribution in [0.2, 0.25) is 0 Å². The summed E-state index contributed by atoms with van der Waals surface area (Å²) in [7, 11) is 1.34. The van der Waals surface area contributed by atoms with Crippen LogP contribution < -0.4 is 4.74 Å². The number of nitrogens with zero attached hydrogens (tertiary/aromatic N) is 1. The number of esters is 1. The van der Waals surface area contributed by atoms with Crippen molar-refractivity contribution in [2.24, 2.45) is 0 Å². The summed E-state index contributed by atoms with van der Waals surface area (Å²) in [5, 5.41) is 0. The Balaban J connectivity index is 1.60. The van der Waals surface area contributed by atoms with Crippen molar-refractivity contribution in [1.82, 2.24) is 4.57 Å². The maximum atomic E-state index is 12.7. The molecule has 29 heavy (non-hydrogen) atoms. The van der Waals surface area contributed by atoms with E-state index in [1.54, 1.807) is 24.3 Å². The highest BCUT2D eigenvalue weighted by Crippen LogP contribution is 2.23. The number of allylic oxidation sites excluding steroid dienone is 2. The van der Waals surface area contributed by atoms with Crippen molar-refractivity contribution < 1.29 is 19.1 Å². The molecule has 1 aliphatic carbocycles. The Morgan fingerprint density at radius 3 is 2.52 bits per heavy atom. The summed E-state index contributed by atoms with van der Waals surface area (Å²) < 4.78 is 12.5. The number of ketones is 1. The number of ether oxygens (including phenoxy) is 2. The number of methoxy groups -OCH3 is 1. The topological polar surface area (TPSA) is 57.5 Å². The third kappa shape index (κ3) is 5.17. The van der Waals surface area contributed by atoms with E-state index in [1.807, 2.05) is 19.9 Å². The van der Waals surface area contributed by atoms with Crippen LogP contribution in [0, 0.1) is 13.8 Å². The number of hydrogen-bond donors (Lipinski definition) is 0. The highest BCUT2D eigenvalue weighted by Gasteiger charge is 2.17. The molecule has 0 saturated carbocycles. The van der Waals surface area contributed by atoms with Gasteiger partial charge in [-0.15, -0.1) is 0 Å². The Kier molecular flexibility index (Phi) is 6.91. The van der Waals surface area contributed by atoms with Gasteiger partial charge in [0.25, 0.3) is 0 Å². The molecule has 0 radical (unpaired) electrons. The molecule has 5 nitrogen and oxygen atoms in total. The fourth-order valence-electron chi connectivity index (χ4n) is 3.85. The Labute approximate surface area is 172 Å². The van der Waals surface area contributed by atoms with Crippen molar-refractivity contribution >= 4 is 11.8 Å². The highest BCUT2D eigenvalue weighted by molar-refractivity contribution is 5.98. The first-order chi connectivity index (χ1) is 14.0. The van der Waals surface area contributed by atoms with E-state index >= 15 is 0 Å². The van der Waals surface area contributed by atoms with Gasteiger partial charge in [0.15, 0.2) is 6.61 Å². The van der Waals surface area contributed by atoms with E-state index < -0.39 is 5.97 Å². The van der Waals surface area contributed by atoms with E-state index in [2.05, 4.69) is 15.4 Å². The molecular formula is C24H29NO4. The van der Waals surface area contributed by atoms with E-state index in [0.29, 0.717) is 16.9 Å². The van der Waals surface area contributed by atoms with E-state index in [-0.39, 0.29) is 12.4 Å². The molecule has 1 heterocycles. The van der Waals surface area contributed by atoms with Gasteiger partial charge in [0.05, 0.1) is 12.7 Å². The fraction of sp³-hybridized carbons (Fsp3) is 0.417. The zero-order chi connectivity index (χ0) is 20.8. The Morgan fingerprint density at radius 1 is 1.10 bits per heavy atom. The number of carbonyl (C=O) groups excluding carboxylic acids is 2. The molecule has 0 N–H and O–H groups in total. The minimum Gasteiger partial charge on any atom is -0.485 e.